The summed E-state index contributed by atoms with van der Waals surface area (Å²) >= 11 is 0. The van der Waals surface area contributed by atoms with Gasteiger partial charge in [-0.2, -0.15) is 0 Å². The van der Waals surface area contributed by atoms with Crippen LogP contribution >= 0.6 is 0 Å². The summed E-state index contributed by atoms with van der Waals surface area (Å²) < 4.78 is 0. The van der Waals surface area contributed by atoms with Gasteiger partial charge in [0.25, 0.3) is 0 Å². The average molecular weight is 115 g/mol. The first-order chi connectivity index (χ1) is 3.79. The van der Waals surface area contributed by atoms with Crippen LogP contribution in [-0.2, 0) is 0 Å². The maximum atomic E-state index is 9.74. The van der Waals surface area contributed by atoms with Gasteiger partial charge in [0.1, 0.15) is 0 Å². The molecule has 8 heavy (non-hydrogen) atoms. The van der Waals surface area contributed by atoms with Gasteiger partial charge in [-0.05, 0) is 18.8 Å². The molecule has 0 aromatic carbocycles. The Kier molecular flexibility index (Phi) is 1.46. The minimum Gasteiger partial charge on any atom is -0.265 e. The van der Waals surface area contributed by atoms with Gasteiger partial charge in [0.05, 0.1) is 0 Å². The number of nitrogens with zero attached hydrogens (tertiary/aromatic N) is 1. The molecule has 46 valence electrons. The van der Waals surface area contributed by atoms with Crippen LogP contribution in [0.3, 0.4) is 0 Å². The first kappa shape index (κ1) is 5.54. The van der Waals surface area contributed by atoms with Crippen molar-refractivity contribution >= 4 is 0 Å². The maximum Gasteiger partial charge on any atom is 0.204 e. The van der Waals surface area contributed by atoms with E-state index in [-0.39, 0.29) is 11.5 Å². The lowest BCUT2D eigenvalue weighted by atomic mass is 10.3. The van der Waals surface area contributed by atoms with Gasteiger partial charge in [-0.3, -0.25) is 10.1 Å². The molecule has 0 aromatic rings. The third kappa shape index (κ3) is 1.91. The van der Waals surface area contributed by atoms with E-state index in [1.54, 1.807) is 0 Å². The van der Waals surface area contributed by atoms with E-state index < -0.39 is 0 Å². The van der Waals surface area contributed by atoms with Gasteiger partial charge >= 0.3 is 0 Å². The Balaban J connectivity index is 1.95. The van der Waals surface area contributed by atoms with E-state index in [9.17, 15) is 10.1 Å². The van der Waals surface area contributed by atoms with Crippen LogP contribution in [0.2, 0.25) is 0 Å². The van der Waals surface area contributed by atoms with Crippen LogP contribution in [0.1, 0.15) is 19.3 Å². The Bertz CT molecular complexity index is 98.6. The van der Waals surface area contributed by atoms with Gasteiger partial charge in [-0.15, -0.1) is 0 Å². The molecule has 0 spiro atoms. The molecule has 0 saturated heterocycles. The van der Waals surface area contributed by atoms with Crippen molar-refractivity contribution in [3.63, 3.8) is 0 Å². The van der Waals surface area contributed by atoms with Crippen molar-refractivity contribution in [3.8, 4) is 0 Å². The first-order valence-electron chi connectivity index (χ1n) is 2.91. The number of nitro groups is 1. The topological polar surface area (TPSA) is 43.1 Å². The monoisotopic (exact) mass is 115 g/mol. The van der Waals surface area contributed by atoms with E-state index in [2.05, 4.69) is 0 Å². The highest BCUT2D eigenvalue weighted by molar-refractivity contribution is 4.71. The lowest BCUT2D eigenvalue weighted by Crippen LogP contribution is -2.00. The van der Waals surface area contributed by atoms with Crippen LogP contribution in [-0.4, -0.2) is 11.5 Å². The predicted molar refractivity (Wildman–Crippen MR) is 29.2 cm³/mol. The van der Waals surface area contributed by atoms with Gasteiger partial charge in [0, 0.05) is 11.3 Å². The van der Waals surface area contributed by atoms with E-state index in [0.717, 1.165) is 6.42 Å². The van der Waals surface area contributed by atoms with Gasteiger partial charge in [-0.1, -0.05) is 0 Å². The maximum absolute atomic E-state index is 9.74. The molecule has 0 bridgehead atoms. The summed E-state index contributed by atoms with van der Waals surface area (Å²) in [4.78, 5) is 9.50. The second-order valence-corrected chi connectivity index (χ2v) is 2.29. The third-order valence-electron chi connectivity index (χ3n) is 1.42. The molecule has 3 heteroatoms. The van der Waals surface area contributed by atoms with Gasteiger partial charge < -0.3 is 0 Å². The second-order valence-electron chi connectivity index (χ2n) is 2.29. The van der Waals surface area contributed by atoms with Crippen LogP contribution in [0.4, 0.5) is 0 Å². The summed E-state index contributed by atoms with van der Waals surface area (Å²) in [5.74, 6) is 0.695. The summed E-state index contributed by atoms with van der Waals surface area (Å²) in [7, 11) is 0. The van der Waals surface area contributed by atoms with Crippen molar-refractivity contribution < 1.29 is 4.92 Å². The number of hydrogen-bond donors (Lipinski definition) is 0. The van der Waals surface area contributed by atoms with Crippen LogP contribution < -0.4 is 0 Å². The highest BCUT2D eigenvalue weighted by Crippen LogP contribution is 2.31. The molecule has 1 fully saturated rings. The van der Waals surface area contributed by atoms with E-state index in [0.29, 0.717) is 5.92 Å². The lowest BCUT2D eigenvalue weighted by Gasteiger charge is -1.86. The standard InChI is InChI=1S/C5H9NO2/c7-6(8)4-3-5-1-2-5/h5H,1-4H2. The van der Waals surface area contributed by atoms with Crippen molar-refractivity contribution in [3.05, 3.63) is 10.1 Å². The van der Waals surface area contributed by atoms with E-state index >= 15 is 0 Å². The molecule has 1 rings (SSSR count). The van der Waals surface area contributed by atoms with Gasteiger partial charge in [0.2, 0.25) is 6.54 Å². The van der Waals surface area contributed by atoms with Crippen molar-refractivity contribution in [1.29, 1.82) is 0 Å². The predicted octanol–water partition coefficient (Wildman–Crippen LogP) is 1.06. The molecule has 0 aliphatic heterocycles. The minimum atomic E-state index is -0.238. The molecule has 1 aliphatic rings. The molecule has 0 heterocycles. The van der Waals surface area contributed by atoms with Crippen LogP contribution in [0, 0.1) is 16.0 Å². The molecule has 0 unspecified atom stereocenters. The first-order valence-corrected chi connectivity index (χ1v) is 2.91. The Labute approximate surface area is 47.8 Å². The lowest BCUT2D eigenvalue weighted by molar-refractivity contribution is -0.480. The summed E-state index contributed by atoms with van der Waals surface area (Å²) in [6.45, 7) is 0.171. The number of rotatable bonds is 3. The zero-order valence-electron chi connectivity index (χ0n) is 4.67. The summed E-state index contributed by atoms with van der Waals surface area (Å²) in [6, 6.07) is 0. The van der Waals surface area contributed by atoms with E-state index in [4.69, 9.17) is 0 Å². The van der Waals surface area contributed by atoms with Crippen molar-refractivity contribution in [2.45, 2.75) is 19.3 Å². The molecular weight excluding hydrogens is 106 g/mol. The Morgan fingerprint density at radius 3 is 2.62 bits per heavy atom. The minimum absolute atomic E-state index is 0.171. The largest absolute Gasteiger partial charge is 0.265 e. The summed E-state index contributed by atoms with van der Waals surface area (Å²) in [5.41, 5.74) is 0. The van der Waals surface area contributed by atoms with Crippen LogP contribution in [0.25, 0.3) is 0 Å². The summed E-state index contributed by atoms with van der Waals surface area (Å²) in [6.07, 6.45) is 3.23. The fourth-order valence-electron chi connectivity index (χ4n) is 0.695. The molecule has 0 radical (unpaired) electrons. The van der Waals surface area contributed by atoms with Crippen LogP contribution in [0.15, 0.2) is 0 Å². The van der Waals surface area contributed by atoms with Gasteiger partial charge in [0.15, 0.2) is 0 Å². The third-order valence-corrected chi connectivity index (χ3v) is 1.42. The quantitative estimate of drug-likeness (QED) is 0.407. The SMILES string of the molecule is O=[N+]([O-])CCC1CC1. The van der Waals surface area contributed by atoms with E-state index in [1.807, 2.05) is 0 Å². The fourth-order valence-corrected chi connectivity index (χ4v) is 0.695. The zero-order chi connectivity index (χ0) is 5.98. The Morgan fingerprint density at radius 2 is 2.25 bits per heavy atom. The van der Waals surface area contributed by atoms with E-state index in [1.165, 1.54) is 12.8 Å². The zero-order valence-corrected chi connectivity index (χ0v) is 4.67. The molecule has 1 saturated carbocycles. The Morgan fingerprint density at radius 1 is 1.62 bits per heavy atom. The second kappa shape index (κ2) is 2.11. The molecule has 1 aliphatic carbocycles. The fraction of sp³-hybridized carbons (Fsp3) is 1.00. The molecule has 0 amide bonds. The molecular formula is C5H9NO2. The molecule has 0 N–H and O–H groups in total. The van der Waals surface area contributed by atoms with Crippen molar-refractivity contribution in [2.24, 2.45) is 5.92 Å². The highest BCUT2D eigenvalue weighted by atomic mass is 16.6. The number of hydrogen-bond acceptors (Lipinski definition) is 2. The molecule has 3 nitrogen and oxygen atoms in total. The highest BCUT2D eigenvalue weighted by Gasteiger charge is 2.22. The molecule has 0 atom stereocenters. The van der Waals surface area contributed by atoms with Crippen molar-refractivity contribution in [2.75, 3.05) is 6.54 Å². The van der Waals surface area contributed by atoms with Gasteiger partial charge in [-0.25, -0.2) is 0 Å². The summed E-state index contributed by atoms with van der Waals surface area (Å²) in [5, 5.41) is 9.74. The molecule has 0 aromatic heterocycles. The van der Waals surface area contributed by atoms with Crippen LogP contribution in [0.5, 0.6) is 0 Å². The normalized spacial score (nSPS) is 18.5. The Hall–Kier alpha value is -0.600. The average Bonchev–Trinajstić information content (AvgIpc) is 2.41. The van der Waals surface area contributed by atoms with Crippen molar-refractivity contribution in [1.82, 2.24) is 0 Å². The smallest absolute Gasteiger partial charge is 0.204 e.